The van der Waals surface area contributed by atoms with Crippen molar-refractivity contribution in [1.29, 1.82) is 0 Å². The van der Waals surface area contributed by atoms with E-state index in [0.717, 1.165) is 4.47 Å². The van der Waals surface area contributed by atoms with E-state index in [0.29, 0.717) is 24.9 Å². The average Bonchev–Trinajstić information content (AvgIpc) is 2.68. The molecule has 0 saturated carbocycles. The van der Waals surface area contributed by atoms with Crippen molar-refractivity contribution in [3.05, 3.63) is 64.4 Å². The Morgan fingerprint density at radius 3 is 2.57 bits per heavy atom. The summed E-state index contributed by atoms with van der Waals surface area (Å²) in [4.78, 5) is 12.9. The van der Waals surface area contributed by atoms with E-state index >= 15 is 0 Å². The molecule has 8 heteroatoms. The molecule has 1 N–H and O–H groups in total. The van der Waals surface area contributed by atoms with Crippen molar-refractivity contribution in [2.45, 2.75) is 30.7 Å². The largest absolute Gasteiger partial charge is 0.349 e. The van der Waals surface area contributed by atoms with E-state index < -0.39 is 22.0 Å². The van der Waals surface area contributed by atoms with Crippen molar-refractivity contribution >= 4 is 31.9 Å². The van der Waals surface area contributed by atoms with Crippen LogP contribution in [0.2, 0.25) is 0 Å². The van der Waals surface area contributed by atoms with Crippen LogP contribution >= 0.6 is 15.9 Å². The lowest BCUT2D eigenvalue weighted by atomic mass is 9.98. The van der Waals surface area contributed by atoms with Gasteiger partial charge in [-0.05, 0) is 50.1 Å². The van der Waals surface area contributed by atoms with Gasteiger partial charge in [-0.15, -0.1) is 0 Å². The smallest absolute Gasteiger partial charge is 0.243 e. The second-order valence-electron chi connectivity index (χ2n) is 6.91. The third-order valence-electron chi connectivity index (χ3n) is 4.94. The molecule has 2 unspecified atom stereocenters. The minimum Gasteiger partial charge on any atom is -0.349 e. The molecule has 2 atom stereocenters. The Kier molecular flexibility index (Phi) is 6.52. The molecule has 1 heterocycles. The zero-order chi connectivity index (χ0) is 20.3. The lowest BCUT2D eigenvalue weighted by Crippen LogP contribution is -2.45. The first-order valence-electron chi connectivity index (χ1n) is 9.09. The molecular weight excluding hydrogens is 447 g/mol. The zero-order valence-corrected chi connectivity index (χ0v) is 17.8. The fourth-order valence-corrected chi connectivity index (χ4v) is 5.15. The second kappa shape index (κ2) is 8.71. The van der Waals surface area contributed by atoms with Crippen molar-refractivity contribution in [1.82, 2.24) is 9.62 Å². The molecule has 3 rings (SSSR count). The monoisotopic (exact) mass is 468 g/mol. The first kappa shape index (κ1) is 21.0. The third kappa shape index (κ3) is 4.61. The Balaban J connectivity index is 1.69. The highest BCUT2D eigenvalue weighted by Gasteiger charge is 2.33. The Labute approximate surface area is 173 Å². The van der Waals surface area contributed by atoms with Gasteiger partial charge in [0.15, 0.2) is 0 Å². The predicted molar refractivity (Wildman–Crippen MR) is 109 cm³/mol. The molecule has 1 saturated heterocycles. The number of hydrogen-bond donors (Lipinski definition) is 1. The zero-order valence-electron chi connectivity index (χ0n) is 15.4. The van der Waals surface area contributed by atoms with E-state index in [1.54, 1.807) is 49.4 Å². The van der Waals surface area contributed by atoms with Crippen molar-refractivity contribution in [3.8, 4) is 0 Å². The Morgan fingerprint density at radius 2 is 1.89 bits per heavy atom. The van der Waals surface area contributed by atoms with Gasteiger partial charge in [0.2, 0.25) is 15.9 Å². The molecular formula is C20H22BrFN2O3S. The van der Waals surface area contributed by atoms with Gasteiger partial charge in [-0.1, -0.05) is 34.1 Å². The predicted octanol–water partition coefficient (Wildman–Crippen LogP) is 3.87. The van der Waals surface area contributed by atoms with Gasteiger partial charge in [-0.3, -0.25) is 4.79 Å². The summed E-state index contributed by atoms with van der Waals surface area (Å²) in [5.74, 6) is -1.10. The summed E-state index contributed by atoms with van der Waals surface area (Å²) in [6.07, 6.45) is 1.20. The first-order chi connectivity index (χ1) is 13.3. The summed E-state index contributed by atoms with van der Waals surface area (Å²) in [6.45, 7) is 2.22. The van der Waals surface area contributed by atoms with Crippen molar-refractivity contribution in [3.63, 3.8) is 0 Å². The highest BCUT2D eigenvalue weighted by molar-refractivity contribution is 9.10. The quantitative estimate of drug-likeness (QED) is 0.723. The van der Waals surface area contributed by atoms with Crippen LogP contribution in [0.15, 0.2) is 57.9 Å². The molecule has 0 spiro atoms. The van der Waals surface area contributed by atoms with Crippen LogP contribution in [0, 0.1) is 11.7 Å². The van der Waals surface area contributed by atoms with Crippen LogP contribution in [0.1, 0.15) is 31.4 Å². The molecule has 1 aliphatic rings. The molecule has 0 bridgehead atoms. The summed E-state index contributed by atoms with van der Waals surface area (Å²) >= 11 is 3.30. The third-order valence-corrected chi connectivity index (χ3v) is 7.34. The summed E-state index contributed by atoms with van der Waals surface area (Å²) in [6, 6.07) is 12.2. The minimum absolute atomic E-state index is 0.119. The van der Waals surface area contributed by atoms with Gasteiger partial charge in [0.05, 0.1) is 16.9 Å². The summed E-state index contributed by atoms with van der Waals surface area (Å²) in [5.41, 5.74) is 0.408. The van der Waals surface area contributed by atoms with Gasteiger partial charge in [-0.2, -0.15) is 4.31 Å². The first-order valence-corrected chi connectivity index (χ1v) is 11.3. The Morgan fingerprint density at radius 1 is 1.21 bits per heavy atom. The average molecular weight is 469 g/mol. The Hall–Kier alpha value is -1.77. The van der Waals surface area contributed by atoms with Crippen LogP contribution in [0.4, 0.5) is 4.39 Å². The fraction of sp³-hybridized carbons (Fsp3) is 0.350. The molecule has 1 aliphatic heterocycles. The molecule has 2 aromatic carbocycles. The molecule has 1 fully saturated rings. The summed E-state index contributed by atoms with van der Waals surface area (Å²) < 4.78 is 41.8. The number of piperidine rings is 1. The number of benzene rings is 2. The number of nitrogens with zero attached hydrogens (tertiary/aromatic N) is 1. The van der Waals surface area contributed by atoms with Gasteiger partial charge < -0.3 is 5.32 Å². The molecule has 28 heavy (non-hydrogen) atoms. The van der Waals surface area contributed by atoms with E-state index in [1.807, 2.05) is 0 Å². The van der Waals surface area contributed by atoms with E-state index in [2.05, 4.69) is 21.2 Å². The molecule has 0 aromatic heterocycles. The maximum atomic E-state index is 13.9. The van der Waals surface area contributed by atoms with Crippen molar-refractivity contribution < 1.29 is 17.6 Å². The van der Waals surface area contributed by atoms with E-state index in [1.165, 1.54) is 10.4 Å². The summed E-state index contributed by atoms with van der Waals surface area (Å²) in [5, 5.41) is 2.82. The van der Waals surface area contributed by atoms with Crippen LogP contribution in [-0.4, -0.2) is 31.7 Å². The maximum Gasteiger partial charge on any atom is 0.243 e. The van der Waals surface area contributed by atoms with E-state index in [4.69, 9.17) is 0 Å². The van der Waals surface area contributed by atoms with Gasteiger partial charge in [-0.25, -0.2) is 12.8 Å². The van der Waals surface area contributed by atoms with Gasteiger partial charge in [0.25, 0.3) is 0 Å². The SMILES string of the molecule is CC(NC(=O)C1CCCN(S(=O)(=O)c2ccc(Br)cc2)C1)c1ccccc1F. The minimum atomic E-state index is -3.66. The molecule has 2 aromatic rings. The molecule has 5 nitrogen and oxygen atoms in total. The van der Waals surface area contributed by atoms with Crippen molar-refractivity contribution in [2.24, 2.45) is 5.92 Å². The van der Waals surface area contributed by atoms with Crippen LogP contribution in [-0.2, 0) is 14.8 Å². The maximum absolute atomic E-state index is 13.9. The number of carbonyl (C=O) groups excluding carboxylic acids is 1. The molecule has 0 aliphatic carbocycles. The van der Waals surface area contributed by atoms with Crippen molar-refractivity contribution in [2.75, 3.05) is 13.1 Å². The fourth-order valence-electron chi connectivity index (χ4n) is 3.37. The highest BCUT2D eigenvalue weighted by Crippen LogP contribution is 2.26. The number of nitrogens with one attached hydrogen (secondary N) is 1. The summed E-state index contributed by atoms with van der Waals surface area (Å²) in [7, 11) is -3.66. The number of rotatable bonds is 5. The van der Waals surface area contributed by atoms with Crippen LogP contribution < -0.4 is 5.32 Å². The number of amides is 1. The second-order valence-corrected chi connectivity index (χ2v) is 9.76. The Bertz CT molecular complexity index is 950. The van der Waals surface area contributed by atoms with Gasteiger partial charge in [0.1, 0.15) is 5.82 Å². The number of hydrogen-bond acceptors (Lipinski definition) is 3. The molecule has 0 radical (unpaired) electrons. The number of halogens is 2. The molecule has 150 valence electrons. The van der Waals surface area contributed by atoms with Crippen LogP contribution in [0.25, 0.3) is 0 Å². The number of sulfonamides is 1. The van der Waals surface area contributed by atoms with Gasteiger partial charge in [0, 0.05) is 23.1 Å². The van der Waals surface area contributed by atoms with Crippen LogP contribution in [0.5, 0.6) is 0 Å². The van der Waals surface area contributed by atoms with Crippen LogP contribution in [0.3, 0.4) is 0 Å². The number of carbonyl (C=O) groups is 1. The van der Waals surface area contributed by atoms with E-state index in [-0.39, 0.29) is 23.2 Å². The van der Waals surface area contributed by atoms with E-state index in [9.17, 15) is 17.6 Å². The normalized spacial score (nSPS) is 19.2. The molecule has 1 amide bonds. The van der Waals surface area contributed by atoms with Gasteiger partial charge >= 0.3 is 0 Å². The lowest BCUT2D eigenvalue weighted by molar-refractivity contribution is -0.126. The topological polar surface area (TPSA) is 66.5 Å². The highest BCUT2D eigenvalue weighted by atomic mass is 79.9. The lowest BCUT2D eigenvalue weighted by Gasteiger charge is -2.32. The standard InChI is InChI=1S/C20H22BrFN2O3S/c1-14(18-6-2-3-7-19(18)22)23-20(25)15-5-4-12-24(13-15)28(26,27)17-10-8-16(21)9-11-17/h2-3,6-11,14-15H,4-5,12-13H2,1H3,(H,23,25).